The molecule has 2 atom stereocenters. The van der Waals surface area contributed by atoms with Crippen LogP contribution >= 0.6 is 0 Å². The average Bonchev–Trinajstić information content (AvgIpc) is 2.60. The van der Waals surface area contributed by atoms with Crippen molar-refractivity contribution in [1.82, 2.24) is 9.80 Å². The van der Waals surface area contributed by atoms with Gasteiger partial charge in [0.2, 0.25) is 5.91 Å². The molecule has 5 nitrogen and oxygen atoms in total. The fourth-order valence-electron chi connectivity index (χ4n) is 4.73. The van der Waals surface area contributed by atoms with Crippen LogP contribution in [0.1, 0.15) is 30.4 Å². The zero-order valence-corrected chi connectivity index (χ0v) is 16.7. The first kappa shape index (κ1) is 21.8. The molecule has 3 rings (SSSR count). The van der Waals surface area contributed by atoms with Crippen LogP contribution in [0, 0.1) is 0 Å². The highest BCUT2D eigenvalue weighted by Crippen LogP contribution is 2.54. The number of methoxy groups -OCH3 is 1. The van der Waals surface area contributed by atoms with Crippen molar-refractivity contribution in [3.63, 3.8) is 0 Å². The van der Waals surface area contributed by atoms with E-state index in [1.807, 2.05) is 43.3 Å². The smallest absolute Gasteiger partial charge is 0.390 e. The van der Waals surface area contributed by atoms with Gasteiger partial charge in [0.15, 0.2) is 0 Å². The Morgan fingerprint density at radius 1 is 1.31 bits per heavy atom. The number of allylic oxidation sites excluding steroid dienone is 1. The van der Waals surface area contributed by atoms with Gasteiger partial charge in [0.25, 0.3) is 0 Å². The number of aliphatic hydroxyl groups excluding tert-OH is 1. The Kier molecular flexibility index (Phi) is 6.36. The molecule has 2 aliphatic heterocycles. The van der Waals surface area contributed by atoms with Crippen LogP contribution in [-0.4, -0.2) is 78.5 Å². The number of hydrogen-bond donors (Lipinski definition) is 1. The number of halogens is 3. The van der Waals surface area contributed by atoms with Gasteiger partial charge in [0.05, 0.1) is 18.6 Å². The number of rotatable bonds is 7. The van der Waals surface area contributed by atoms with Gasteiger partial charge in [-0.15, -0.1) is 0 Å². The lowest BCUT2D eigenvalue weighted by Gasteiger charge is -2.71. The lowest BCUT2D eigenvalue weighted by molar-refractivity contribution is -0.210. The molecule has 2 heterocycles. The van der Waals surface area contributed by atoms with Gasteiger partial charge in [-0.25, -0.2) is 0 Å². The number of hydrogen-bond acceptors (Lipinski definition) is 4. The number of carbonyl (C=O) groups excluding carboxylic acids is 1. The van der Waals surface area contributed by atoms with E-state index in [-0.39, 0.29) is 31.6 Å². The van der Waals surface area contributed by atoms with E-state index in [1.54, 1.807) is 9.80 Å². The normalized spacial score (nSPS) is 24.0. The fourth-order valence-corrected chi connectivity index (χ4v) is 4.73. The van der Waals surface area contributed by atoms with Crippen molar-refractivity contribution in [2.75, 3.05) is 40.0 Å². The van der Waals surface area contributed by atoms with Crippen LogP contribution in [0.15, 0.2) is 30.3 Å². The molecule has 160 valence electrons. The maximum absolute atomic E-state index is 12.8. The van der Waals surface area contributed by atoms with E-state index in [1.165, 1.54) is 7.11 Å². The molecule has 1 N–H and O–H groups in total. The molecule has 0 saturated carbocycles. The molecule has 8 heteroatoms. The summed E-state index contributed by atoms with van der Waals surface area (Å²) in [5.41, 5.74) is 1.42. The minimum absolute atomic E-state index is 0.0508. The van der Waals surface area contributed by atoms with Crippen LogP contribution in [0.25, 0.3) is 6.08 Å². The first-order valence-corrected chi connectivity index (χ1v) is 9.69. The summed E-state index contributed by atoms with van der Waals surface area (Å²) in [6.45, 7) is 2.14. The van der Waals surface area contributed by atoms with Gasteiger partial charge in [-0.2, -0.15) is 13.2 Å². The van der Waals surface area contributed by atoms with E-state index in [2.05, 4.69) is 0 Å². The van der Waals surface area contributed by atoms with Crippen LogP contribution < -0.4 is 0 Å². The van der Waals surface area contributed by atoms with E-state index in [9.17, 15) is 23.1 Å². The van der Waals surface area contributed by atoms with Crippen molar-refractivity contribution >= 4 is 12.0 Å². The van der Waals surface area contributed by atoms with E-state index >= 15 is 0 Å². The molecule has 2 saturated heterocycles. The summed E-state index contributed by atoms with van der Waals surface area (Å²) >= 11 is 0. The van der Waals surface area contributed by atoms with Crippen LogP contribution in [-0.2, 0) is 9.53 Å². The number of likely N-dealkylation sites (tertiary alicyclic amines) is 2. The number of benzene rings is 1. The molecule has 1 amide bonds. The standard InChI is InChI=1S/C21H27F3N2O3/c1-3-4-15-5-7-16(8-6-15)19-17(11-27)26(10-9-21(22,23)24)20(19)13-25(14-20)18(28)12-29-2/h3-8,17,19,27H,9-14H2,1-2H3/b4-3+/t17-,19+/m1/s1. The predicted molar refractivity (Wildman–Crippen MR) is 103 cm³/mol. The molecule has 0 aliphatic carbocycles. The second-order valence-corrected chi connectivity index (χ2v) is 7.74. The molecule has 29 heavy (non-hydrogen) atoms. The van der Waals surface area contributed by atoms with Gasteiger partial charge in [0, 0.05) is 38.7 Å². The lowest BCUT2D eigenvalue weighted by Crippen LogP contribution is -2.85. The first-order chi connectivity index (χ1) is 13.8. The Labute approximate surface area is 168 Å². The van der Waals surface area contributed by atoms with Crippen LogP contribution in [0.4, 0.5) is 13.2 Å². The van der Waals surface area contributed by atoms with Crippen molar-refractivity contribution in [3.05, 3.63) is 41.5 Å². The molecule has 0 aromatic heterocycles. The molecular weight excluding hydrogens is 385 g/mol. The van der Waals surface area contributed by atoms with Gasteiger partial charge in [-0.3, -0.25) is 9.69 Å². The molecular formula is C21H27F3N2O3. The number of alkyl halides is 3. The minimum atomic E-state index is -4.27. The Balaban J connectivity index is 1.84. The number of aliphatic hydroxyl groups is 1. The Morgan fingerprint density at radius 2 is 1.97 bits per heavy atom. The van der Waals surface area contributed by atoms with E-state index in [4.69, 9.17) is 4.74 Å². The molecule has 1 aromatic carbocycles. The predicted octanol–water partition coefficient (Wildman–Crippen LogP) is 2.66. The number of nitrogens with zero attached hydrogens (tertiary/aromatic N) is 2. The number of ether oxygens (including phenoxy) is 1. The zero-order chi connectivity index (χ0) is 21.2. The highest BCUT2D eigenvalue weighted by molar-refractivity contribution is 5.79. The summed E-state index contributed by atoms with van der Waals surface area (Å²) < 4.78 is 43.4. The SMILES string of the molecule is C/C=C/c1ccc([C@H]2[C@@H](CO)N(CCC(F)(F)F)C23CN(C(=O)COC)C3)cc1. The highest BCUT2D eigenvalue weighted by Gasteiger charge is 2.66. The van der Waals surface area contributed by atoms with Gasteiger partial charge >= 0.3 is 6.18 Å². The second kappa shape index (κ2) is 8.45. The average molecular weight is 412 g/mol. The molecule has 0 unspecified atom stereocenters. The summed E-state index contributed by atoms with van der Waals surface area (Å²) in [7, 11) is 1.43. The lowest BCUT2D eigenvalue weighted by atomic mass is 9.60. The molecule has 1 aromatic rings. The van der Waals surface area contributed by atoms with Gasteiger partial charge in [-0.05, 0) is 18.1 Å². The Morgan fingerprint density at radius 3 is 2.48 bits per heavy atom. The van der Waals surface area contributed by atoms with Gasteiger partial charge < -0.3 is 14.7 Å². The van der Waals surface area contributed by atoms with E-state index < -0.39 is 24.2 Å². The van der Waals surface area contributed by atoms with Crippen LogP contribution in [0.2, 0.25) is 0 Å². The molecule has 1 spiro atoms. The highest BCUT2D eigenvalue weighted by atomic mass is 19.4. The van der Waals surface area contributed by atoms with E-state index in [0.717, 1.165) is 11.1 Å². The number of amides is 1. The van der Waals surface area contributed by atoms with Crippen molar-refractivity contribution in [1.29, 1.82) is 0 Å². The third-order valence-corrected chi connectivity index (χ3v) is 5.96. The Bertz CT molecular complexity index is 743. The minimum Gasteiger partial charge on any atom is -0.395 e. The Hall–Kier alpha value is -1.90. The van der Waals surface area contributed by atoms with Crippen molar-refractivity contribution < 1.29 is 27.8 Å². The quantitative estimate of drug-likeness (QED) is 0.748. The third-order valence-electron chi connectivity index (χ3n) is 5.96. The van der Waals surface area contributed by atoms with Gasteiger partial charge in [0.1, 0.15) is 6.61 Å². The summed E-state index contributed by atoms with van der Waals surface area (Å²) in [5, 5.41) is 9.93. The molecule has 0 radical (unpaired) electrons. The van der Waals surface area contributed by atoms with Gasteiger partial charge in [-0.1, -0.05) is 36.4 Å². The van der Waals surface area contributed by atoms with Crippen LogP contribution in [0.3, 0.4) is 0 Å². The molecule has 0 bridgehead atoms. The first-order valence-electron chi connectivity index (χ1n) is 9.69. The maximum Gasteiger partial charge on any atom is 0.390 e. The molecule has 2 aliphatic rings. The summed E-state index contributed by atoms with van der Waals surface area (Å²) in [6.07, 6.45) is -1.31. The summed E-state index contributed by atoms with van der Waals surface area (Å²) in [6, 6.07) is 7.45. The van der Waals surface area contributed by atoms with E-state index in [0.29, 0.717) is 13.1 Å². The molecule has 2 fully saturated rings. The summed E-state index contributed by atoms with van der Waals surface area (Å²) in [5.74, 6) is -0.310. The van der Waals surface area contributed by atoms with Crippen molar-refractivity contribution in [2.24, 2.45) is 0 Å². The topological polar surface area (TPSA) is 53.0 Å². The number of carbonyl (C=O) groups is 1. The largest absolute Gasteiger partial charge is 0.395 e. The summed E-state index contributed by atoms with van der Waals surface area (Å²) in [4.78, 5) is 15.5. The van der Waals surface area contributed by atoms with Crippen molar-refractivity contribution in [2.45, 2.75) is 37.0 Å². The monoisotopic (exact) mass is 412 g/mol. The van der Waals surface area contributed by atoms with Crippen molar-refractivity contribution in [3.8, 4) is 0 Å². The second-order valence-electron chi connectivity index (χ2n) is 7.74. The third kappa shape index (κ3) is 4.20. The zero-order valence-electron chi connectivity index (χ0n) is 16.7. The van der Waals surface area contributed by atoms with Crippen LogP contribution in [0.5, 0.6) is 0 Å². The fraction of sp³-hybridized carbons (Fsp3) is 0.571. The maximum atomic E-state index is 12.8.